The minimum Gasteiger partial charge on any atom is -0.465 e. The molecule has 0 saturated carbocycles. The van der Waals surface area contributed by atoms with Gasteiger partial charge in [-0.3, -0.25) is 4.79 Å². The summed E-state index contributed by atoms with van der Waals surface area (Å²) >= 11 is 0. The van der Waals surface area contributed by atoms with E-state index in [0.717, 1.165) is 38.5 Å². The van der Waals surface area contributed by atoms with E-state index in [1.807, 2.05) is 19.1 Å². The lowest BCUT2D eigenvalue weighted by molar-refractivity contribution is -0.149. The molecule has 2 N–H and O–H groups in total. The van der Waals surface area contributed by atoms with Gasteiger partial charge in [0.2, 0.25) is 5.79 Å². The molecule has 1 aliphatic rings. The number of hydrogen-bond donors (Lipinski definition) is 2. The summed E-state index contributed by atoms with van der Waals surface area (Å²) in [5.74, 6) is -2.52. The Bertz CT molecular complexity index is 650. The fourth-order valence-electron chi connectivity index (χ4n) is 5.60. The topological polar surface area (TPSA) is 66.8 Å². The van der Waals surface area contributed by atoms with Gasteiger partial charge < -0.3 is 14.9 Å². The van der Waals surface area contributed by atoms with Crippen LogP contribution in [0.15, 0.2) is 23.3 Å². The predicted octanol–water partition coefficient (Wildman–Crippen LogP) is 9.97. The molecule has 1 rings (SSSR count). The molecule has 4 heteroatoms. The molecule has 0 aliphatic heterocycles. The largest absolute Gasteiger partial charge is 0.465 e. The number of esters is 1. The van der Waals surface area contributed by atoms with Crippen molar-refractivity contribution in [2.75, 3.05) is 6.61 Å². The monoisotopic (exact) mass is 548 g/mol. The molecule has 0 aromatic carbocycles. The van der Waals surface area contributed by atoms with Crippen LogP contribution < -0.4 is 0 Å². The molecule has 0 aromatic heterocycles. The van der Waals surface area contributed by atoms with Gasteiger partial charge in [0.25, 0.3) is 0 Å². The Morgan fingerprint density at radius 1 is 0.667 bits per heavy atom. The highest BCUT2D eigenvalue weighted by atomic mass is 16.5. The second kappa shape index (κ2) is 22.5. The van der Waals surface area contributed by atoms with Gasteiger partial charge >= 0.3 is 5.97 Å². The highest BCUT2D eigenvalue weighted by Gasteiger charge is 2.38. The Hall–Kier alpha value is -1.13. The van der Waals surface area contributed by atoms with Crippen LogP contribution in [0.25, 0.3) is 0 Å². The lowest BCUT2D eigenvalue weighted by atomic mass is 9.78. The van der Waals surface area contributed by atoms with Gasteiger partial charge in [0.15, 0.2) is 0 Å². The highest BCUT2D eigenvalue weighted by molar-refractivity contribution is 5.73. The Morgan fingerprint density at radius 3 is 1.41 bits per heavy atom. The zero-order valence-electron chi connectivity index (χ0n) is 26.3. The minimum atomic E-state index is -1.88. The maximum absolute atomic E-state index is 12.8. The van der Waals surface area contributed by atoms with Crippen LogP contribution in [0.2, 0.25) is 0 Å². The van der Waals surface area contributed by atoms with E-state index in [0.29, 0.717) is 30.6 Å². The maximum atomic E-state index is 12.8. The maximum Gasteiger partial charge on any atom is 0.309 e. The van der Waals surface area contributed by atoms with E-state index in [1.165, 1.54) is 89.9 Å². The molecular weight excluding hydrogens is 484 g/mol. The molecule has 1 atom stereocenters. The number of unbranched alkanes of at least 4 members (excludes halogenated alkanes) is 17. The zero-order chi connectivity index (χ0) is 28.8. The molecule has 0 spiro atoms. The first kappa shape index (κ1) is 35.9. The Kier molecular flexibility index (Phi) is 20.8. The van der Waals surface area contributed by atoms with Crippen LogP contribution in [0.1, 0.15) is 169 Å². The van der Waals surface area contributed by atoms with Crippen molar-refractivity contribution < 1.29 is 19.7 Å². The summed E-state index contributed by atoms with van der Waals surface area (Å²) in [6.45, 7) is 8.87. The van der Waals surface area contributed by atoms with Crippen LogP contribution in [0, 0.1) is 11.8 Å². The van der Waals surface area contributed by atoms with Crippen LogP contribution in [0.4, 0.5) is 0 Å². The quantitative estimate of drug-likeness (QED) is 0.0515. The fourth-order valence-corrected chi connectivity index (χ4v) is 5.60. The molecule has 0 fully saturated rings. The van der Waals surface area contributed by atoms with Crippen molar-refractivity contribution in [2.45, 2.75) is 175 Å². The minimum absolute atomic E-state index is 0.144. The summed E-state index contributed by atoms with van der Waals surface area (Å²) < 4.78 is 5.64. The summed E-state index contributed by atoms with van der Waals surface area (Å²) in [5.41, 5.74) is 1.28. The molecule has 4 nitrogen and oxygen atoms in total. The number of carbonyl (C=O) groups is 1. The number of hydrogen-bond acceptors (Lipinski definition) is 4. The van der Waals surface area contributed by atoms with Crippen molar-refractivity contribution in [1.82, 2.24) is 0 Å². The number of rotatable bonds is 25. The number of ether oxygens (including phenoxy) is 1. The van der Waals surface area contributed by atoms with Gasteiger partial charge in [-0.15, -0.1) is 0 Å². The average Bonchev–Trinajstić information content (AvgIpc) is 2.92. The first-order valence-electron chi connectivity index (χ1n) is 16.9. The summed E-state index contributed by atoms with van der Waals surface area (Å²) in [5, 5.41) is 21.7. The molecule has 0 bridgehead atoms. The molecule has 0 saturated heterocycles. The molecular formula is C35H64O4. The van der Waals surface area contributed by atoms with E-state index in [4.69, 9.17) is 4.74 Å². The Balaban J connectivity index is 2.20. The van der Waals surface area contributed by atoms with E-state index < -0.39 is 5.79 Å². The molecule has 0 amide bonds. The van der Waals surface area contributed by atoms with Crippen LogP contribution in [0.3, 0.4) is 0 Å². The van der Waals surface area contributed by atoms with Crippen LogP contribution in [-0.4, -0.2) is 28.6 Å². The van der Waals surface area contributed by atoms with Gasteiger partial charge in [0.1, 0.15) is 0 Å². The van der Waals surface area contributed by atoms with Crippen molar-refractivity contribution in [3.63, 3.8) is 0 Å². The van der Waals surface area contributed by atoms with E-state index in [1.54, 1.807) is 0 Å². The standard InChI is InChI=1S/C35H64O4/c1-5-8-11-12-13-14-15-16-17-18-19-20-21-22-23-24-27-39-34(36)30(4)31-28-32(25-9-6-2)35(37,38)33(29-31)26-10-7-3/h28-31,37-38H,5-27H2,1-4H3. The first-order chi connectivity index (χ1) is 18.9. The normalized spacial score (nSPS) is 16.2. The predicted molar refractivity (Wildman–Crippen MR) is 166 cm³/mol. The molecule has 228 valence electrons. The Morgan fingerprint density at radius 2 is 1.03 bits per heavy atom. The molecule has 0 aromatic rings. The van der Waals surface area contributed by atoms with E-state index in [-0.39, 0.29) is 17.8 Å². The van der Waals surface area contributed by atoms with Crippen molar-refractivity contribution >= 4 is 5.97 Å². The van der Waals surface area contributed by atoms with Gasteiger partial charge in [-0.2, -0.15) is 0 Å². The molecule has 0 heterocycles. The van der Waals surface area contributed by atoms with Crippen molar-refractivity contribution in [3.05, 3.63) is 23.3 Å². The molecule has 1 aliphatic carbocycles. The summed E-state index contributed by atoms with van der Waals surface area (Å²) in [4.78, 5) is 12.8. The van der Waals surface area contributed by atoms with E-state index >= 15 is 0 Å². The van der Waals surface area contributed by atoms with Crippen molar-refractivity contribution in [3.8, 4) is 0 Å². The summed E-state index contributed by atoms with van der Waals surface area (Å²) in [7, 11) is 0. The second-order valence-corrected chi connectivity index (χ2v) is 12.1. The lowest BCUT2D eigenvalue weighted by Gasteiger charge is -2.35. The average molecular weight is 549 g/mol. The zero-order valence-corrected chi connectivity index (χ0v) is 26.3. The summed E-state index contributed by atoms with van der Waals surface area (Å²) in [6, 6.07) is 0. The van der Waals surface area contributed by atoms with Gasteiger partial charge in [0.05, 0.1) is 12.5 Å². The third-order valence-corrected chi connectivity index (χ3v) is 8.47. The first-order valence-corrected chi connectivity index (χ1v) is 16.9. The van der Waals surface area contributed by atoms with Crippen molar-refractivity contribution in [1.29, 1.82) is 0 Å². The SMILES string of the molecule is CCCCCCCCCCCCCCCCCCOC(=O)C(C)C1C=C(CCCC)C(O)(O)C(CCCC)=C1. The number of allylic oxidation sites excluding steroid dienone is 2. The van der Waals surface area contributed by atoms with Gasteiger partial charge in [-0.05, 0) is 43.3 Å². The van der Waals surface area contributed by atoms with Gasteiger partial charge in [0, 0.05) is 5.92 Å². The number of carbonyl (C=O) groups excluding carboxylic acids is 1. The molecule has 1 unspecified atom stereocenters. The summed E-state index contributed by atoms with van der Waals surface area (Å²) in [6.07, 6.45) is 30.1. The fraction of sp³-hybridized carbons (Fsp3) is 0.857. The molecule has 0 radical (unpaired) electrons. The van der Waals surface area contributed by atoms with Crippen molar-refractivity contribution in [2.24, 2.45) is 11.8 Å². The third kappa shape index (κ3) is 15.4. The van der Waals surface area contributed by atoms with Crippen LogP contribution >= 0.6 is 0 Å². The third-order valence-electron chi connectivity index (χ3n) is 8.47. The van der Waals surface area contributed by atoms with Gasteiger partial charge in [-0.1, -0.05) is 149 Å². The van der Waals surface area contributed by atoms with Crippen LogP contribution in [-0.2, 0) is 9.53 Å². The highest BCUT2D eigenvalue weighted by Crippen LogP contribution is 2.38. The Labute approximate surface area is 242 Å². The lowest BCUT2D eigenvalue weighted by Crippen LogP contribution is -2.38. The number of aliphatic hydroxyl groups is 2. The smallest absolute Gasteiger partial charge is 0.309 e. The second-order valence-electron chi connectivity index (χ2n) is 12.1. The van der Waals surface area contributed by atoms with Crippen LogP contribution in [0.5, 0.6) is 0 Å². The van der Waals surface area contributed by atoms with E-state index in [2.05, 4.69) is 20.8 Å². The van der Waals surface area contributed by atoms with E-state index in [9.17, 15) is 15.0 Å². The molecule has 39 heavy (non-hydrogen) atoms. The van der Waals surface area contributed by atoms with Gasteiger partial charge in [-0.25, -0.2) is 0 Å².